The summed E-state index contributed by atoms with van der Waals surface area (Å²) in [5, 5.41) is 1.16. The highest BCUT2D eigenvalue weighted by atomic mass is 15.1. The number of aromatic nitrogens is 3. The number of fused-ring (bicyclic) bond motifs is 5. The number of nitrogens with two attached hydrogens (primary N) is 1. The fraction of sp³-hybridized carbons (Fsp3) is 0.0323. The van der Waals surface area contributed by atoms with Crippen LogP contribution in [0.3, 0.4) is 0 Å². The van der Waals surface area contributed by atoms with Gasteiger partial charge < -0.3 is 5.73 Å². The molecule has 0 spiro atoms. The van der Waals surface area contributed by atoms with Crippen LogP contribution in [-0.4, -0.2) is 14.5 Å². The number of hydrogen-bond acceptors (Lipinski definition) is 3. The quantitative estimate of drug-likeness (QED) is 0.343. The standard InChI is InChI=1S/C31H22N4/c32-31(22-13-5-2-6-14-22)25-17-9-7-15-23(25)28-24-16-8-10-18-26(24)35(29(28)31)27-19-20-33-30(34-27)21-11-3-1-4-12-21/h1-20H,32H2. The number of rotatable bonds is 3. The van der Waals surface area contributed by atoms with E-state index in [1.807, 2.05) is 48.7 Å². The van der Waals surface area contributed by atoms with Crippen LogP contribution in [0.5, 0.6) is 0 Å². The van der Waals surface area contributed by atoms with Gasteiger partial charge in [-0.3, -0.25) is 4.57 Å². The summed E-state index contributed by atoms with van der Waals surface area (Å²) < 4.78 is 2.23. The van der Waals surface area contributed by atoms with Gasteiger partial charge >= 0.3 is 0 Å². The summed E-state index contributed by atoms with van der Waals surface area (Å²) in [5.41, 5.74) is 14.2. The van der Waals surface area contributed by atoms with E-state index < -0.39 is 5.54 Å². The van der Waals surface area contributed by atoms with E-state index in [-0.39, 0.29) is 0 Å². The molecular formula is C31H22N4. The average Bonchev–Trinajstić information content (AvgIpc) is 3.42. The first-order valence-corrected chi connectivity index (χ1v) is 11.7. The third-order valence-corrected chi connectivity index (χ3v) is 7.00. The molecule has 1 aliphatic rings. The monoisotopic (exact) mass is 450 g/mol. The first-order valence-electron chi connectivity index (χ1n) is 11.7. The molecule has 2 heterocycles. The number of hydrogen-bond donors (Lipinski definition) is 1. The van der Waals surface area contributed by atoms with E-state index >= 15 is 0 Å². The van der Waals surface area contributed by atoms with Crippen LogP contribution < -0.4 is 5.73 Å². The molecule has 4 aromatic carbocycles. The molecule has 35 heavy (non-hydrogen) atoms. The second-order valence-corrected chi connectivity index (χ2v) is 8.90. The van der Waals surface area contributed by atoms with Crippen molar-refractivity contribution in [1.82, 2.24) is 14.5 Å². The third-order valence-electron chi connectivity index (χ3n) is 7.00. The lowest BCUT2D eigenvalue weighted by Crippen LogP contribution is -2.39. The lowest BCUT2D eigenvalue weighted by molar-refractivity contribution is 0.632. The van der Waals surface area contributed by atoms with Crippen LogP contribution in [0.2, 0.25) is 0 Å². The molecule has 2 aromatic heterocycles. The second kappa shape index (κ2) is 7.49. The van der Waals surface area contributed by atoms with E-state index in [4.69, 9.17) is 10.7 Å². The van der Waals surface area contributed by atoms with Gasteiger partial charge in [-0.2, -0.15) is 0 Å². The minimum absolute atomic E-state index is 0.687. The zero-order valence-corrected chi connectivity index (χ0v) is 19.0. The SMILES string of the molecule is NC1(c2ccccc2)c2ccccc2-c2c1n(-c1ccnc(-c3ccccc3)n1)c1ccccc21. The van der Waals surface area contributed by atoms with Crippen molar-refractivity contribution >= 4 is 10.9 Å². The molecule has 6 aromatic rings. The van der Waals surface area contributed by atoms with Crippen LogP contribution in [0, 0.1) is 0 Å². The molecule has 0 bridgehead atoms. The van der Waals surface area contributed by atoms with Gasteiger partial charge in [0.25, 0.3) is 0 Å². The first kappa shape index (κ1) is 19.9. The molecule has 0 amide bonds. The Kier molecular flexibility index (Phi) is 4.25. The van der Waals surface area contributed by atoms with Gasteiger partial charge in [0.15, 0.2) is 5.82 Å². The van der Waals surface area contributed by atoms with E-state index in [0.29, 0.717) is 5.82 Å². The van der Waals surface area contributed by atoms with E-state index in [0.717, 1.165) is 39.1 Å². The number of para-hydroxylation sites is 1. The summed E-state index contributed by atoms with van der Waals surface area (Å²) in [4.78, 5) is 9.60. The zero-order valence-electron chi connectivity index (χ0n) is 19.0. The lowest BCUT2D eigenvalue weighted by atomic mass is 9.84. The molecule has 7 rings (SSSR count). The topological polar surface area (TPSA) is 56.7 Å². The summed E-state index contributed by atoms with van der Waals surface area (Å²) in [5.74, 6) is 1.49. The van der Waals surface area contributed by atoms with Crippen molar-refractivity contribution in [3.05, 3.63) is 138 Å². The summed E-state index contributed by atoms with van der Waals surface area (Å²) >= 11 is 0. The Morgan fingerprint density at radius 3 is 2.20 bits per heavy atom. The molecule has 2 N–H and O–H groups in total. The normalized spacial score (nSPS) is 16.3. The van der Waals surface area contributed by atoms with Gasteiger partial charge in [-0.25, -0.2) is 9.97 Å². The van der Waals surface area contributed by atoms with E-state index in [1.54, 1.807) is 0 Å². The van der Waals surface area contributed by atoms with Gasteiger partial charge in [-0.1, -0.05) is 103 Å². The van der Waals surface area contributed by atoms with Gasteiger partial charge in [0.2, 0.25) is 0 Å². The summed E-state index contributed by atoms with van der Waals surface area (Å²) in [6, 6.07) is 39.4. The van der Waals surface area contributed by atoms with Crippen LogP contribution >= 0.6 is 0 Å². The Bertz CT molecular complexity index is 1700. The Morgan fingerprint density at radius 1 is 0.686 bits per heavy atom. The fourth-order valence-corrected chi connectivity index (χ4v) is 5.49. The molecule has 0 radical (unpaired) electrons. The highest BCUT2D eigenvalue weighted by Crippen LogP contribution is 2.53. The molecule has 0 aliphatic heterocycles. The van der Waals surface area contributed by atoms with E-state index in [2.05, 4.69) is 82.3 Å². The summed E-state index contributed by atoms with van der Waals surface area (Å²) in [6.07, 6.45) is 1.83. The van der Waals surface area contributed by atoms with Crippen molar-refractivity contribution in [2.24, 2.45) is 5.73 Å². The molecule has 4 nitrogen and oxygen atoms in total. The van der Waals surface area contributed by atoms with Gasteiger partial charge in [0.05, 0.1) is 11.2 Å². The van der Waals surface area contributed by atoms with Crippen LogP contribution in [0.25, 0.3) is 39.2 Å². The lowest BCUT2D eigenvalue weighted by Gasteiger charge is -2.29. The van der Waals surface area contributed by atoms with Crippen LogP contribution in [0.4, 0.5) is 0 Å². The maximum Gasteiger partial charge on any atom is 0.161 e. The van der Waals surface area contributed by atoms with E-state index in [9.17, 15) is 0 Å². The van der Waals surface area contributed by atoms with Gasteiger partial charge in [-0.05, 0) is 28.8 Å². The molecular weight excluding hydrogens is 428 g/mol. The maximum atomic E-state index is 7.49. The van der Waals surface area contributed by atoms with Crippen LogP contribution in [0.1, 0.15) is 16.8 Å². The third kappa shape index (κ3) is 2.78. The molecule has 1 aliphatic carbocycles. The number of benzene rings is 4. The number of nitrogens with zero attached hydrogens (tertiary/aromatic N) is 3. The van der Waals surface area contributed by atoms with Gasteiger partial charge in [0, 0.05) is 22.7 Å². The van der Waals surface area contributed by atoms with Crippen molar-refractivity contribution in [3.8, 4) is 28.3 Å². The van der Waals surface area contributed by atoms with Crippen LogP contribution in [0.15, 0.2) is 121 Å². The van der Waals surface area contributed by atoms with Gasteiger partial charge in [0.1, 0.15) is 11.4 Å². The van der Waals surface area contributed by atoms with Crippen molar-refractivity contribution in [1.29, 1.82) is 0 Å². The predicted molar refractivity (Wildman–Crippen MR) is 140 cm³/mol. The molecule has 1 atom stereocenters. The summed E-state index contributed by atoms with van der Waals surface area (Å²) in [6.45, 7) is 0. The Hall–Kier alpha value is -4.54. The highest BCUT2D eigenvalue weighted by Gasteiger charge is 2.46. The maximum absolute atomic E-state index is 7.49. The summed E-state index contributed by atoms with van der Waals surface area (Å²) in [7, 11) is 0. The predicted octanol–water partition coefficient (Wildman–Crippen LogP) is 6.32. The molecule has 0 fully saturated rings. The Balaban J connectivity index is 1.60. The van der Waals surface area contributed by atoms with E-state index in [1.165, 1.54) is 11.1 Å². The fourth-order valence-electron chi connectivity index (χ4n) is 5.49. The molecule has 1 unspecified atom stereocenters. The minimum Gasteiger partial charge on any atom is -0.313 e. The Morgan fingerprint density at radius 2 is 1.37 bits per heavy atom. The molecule has 4 heteroatoms. The van der Waals surface area contributed by atoms with Crippen molar-refractivity contribution in [2.45, 2.75) is 5.54 Å². The Labute approximate surface area is 203 Å². The molecule has 166 valence electrons. The highest BCUT2D eigenvalue weighted by molar-refractivity contribution is 6.04. The zero-order chi connectivity index (χ0) is 23.4. The van der Waals surface area contributed by atoms with Crippen molar-refractivity contribution in [2.75, 3.05) is 0 Å². The molecule has 0 saturated heterocycles. The molecule has 0 saturated carbocycles. The van der Waals surface area contributed by atoms with Crippen molar-refractivity contribution in [3.63, 3.8) is 0 Å². The second-order valence-electron chi connectivity index (χ2n) is 8.90. The average molecular weight is 451 g/mol. The van der Waals surface area contributed by atoms with Crippen LogP contribution in [-0.2, 0) is 5.54 Å². The largest absolute Gasteiger partial charge is 0.313 e. The van der Waals surface area contributed by atoms with Crippen molar-refractivity contribution < 1.29 is 0 Å². The minimum atomic E-state index is -0.829. The smallest absolute Gasteiger partial charge is 0.161 e. The first-order chi connectivity index (χ1) is 17.3. The van der Waals surface area contributed by atoms with Gasteiger partial charge in [-0.15, -0.1) is 0 Å².